The molecule has 0 radical (unpaired) electrons. The van der Waals surface area contributed by atoms with Crippen molar-refractivity contribution in [3.8, 4) is 5.75 Å². The largest absolute Gasteiger partial charge is 0.507 e. The van der Waals surface area contributed by atoms with Crippen molar-refractivity contribution < 1.29 is 14.8 Å². The molecule has 0 saturated carbocycles. The zero-order chi connectivity index (χ0) is 19.6. The van der Waals surface area contributed by atoms with Gasteiger partial charge in [0, 0.05) is 17.2 Å². The molecule has 3 aromatic rings. The van der Waals surface area contributed by atoms with Crippen molar-refractivity contribution in [3.63, 3.8) is 0 Å². The summed E-state index contributed by atoms with van der Waals surface area (Å²) >= 11 is 0. The van der Waals surface area contributed by atoms with Gasteiger partial charge in [-0.2, -0.15) is 5.10 Å². The van der Waals surface area contributed by atoms with E-state index < -0.39 is 10.8 Å². The summed E-state index contributed by atoms with van der Waals surface area (Å²) in [5.41, 5.74) is 3.94. The van der Waals surface area contributed by atoms with Crippen LogP contribution >= 0.6 is 0 Å². The van der Waals surface area contributed by atoms with Gasteiger partial charge in [-0.3, -0.25) is 14.9 Å². The van der Waals surface area contributed by atoms with E-state index in [4.69, 9.17) is 0 Å². The molecule has 0 spiro atoms. The van der Waals surface area contributed by atoms with Crippen LogP contribution in [0.5, 0.6) is 5.75 Å². The number of hydrazone groups is 1. The molecule has 0 atom stereocenters. The van der Waals surface area contributed by atoms with Gasteiger partial charge in [-0.25, -0.2) is 5.43 Å². The number of rotatable bonds is 4. The quantitative estimate of drug-likeness (QED) is 0.416. The number of aromatic hydroxyl groups is 1. The molecular weight excluding hydrogens is 346 g/mol. The third kappa shape index (κ3) is 3.77. The molecule has 1 amide bonds. The summed E-state index contributed by atoms with van der Waals surface area (Å²) in [7, 11) is 0. The second kappa shape index (κ2) is 7.25. The summed E-state index contributed by atoms with van der Waals surface area (Å²) in [6.45, 7) is 3.29. The molecule has 2 N–H and O–H groups in total. The standard InChI is InChI=1S/C20H17N3O4/c1-12-7-8-14(10-18(12)23(26)27)13(2)21-22-20(25)17-9-15-5-3-4-6-16(15)11-19(17)24/h3-11,24H,1-2H3,(H,22,25)/b21-13-. The monoisotopic (exact) mass is 363 g/mol. The summed E-state index contributed by atoms with van der Waals surface area (Å²) in [5, 5.41) is 26.8. The highest BCUT2D eigenvalue weighted by Crippen LogP contribution is 2.25. The lowest BCUT2D eigenvalue weighted by Crippen LogP contribution is -2.19. The maximum Gasteiger partial charge on any atom is 0.275 e. The van der Waals surface area contributed by atoms with Crippen molar-refractivity contribution in [3.05, 3.63) is 81.4 Å². The molecule has 0 aliphatic rings. The first-order valence-electron chi connectivity index (χ1n) is 8.18. The van der Waals surface area contributed by atoms with Crippen LogP contribution in [0.1, 0.15) is 28.4 Å². The van der Waals surface area contributed by atoms with Gasteiger partial charge in [0.1, 0.15) is 5.75 Å². The Morgan fingerprint density at radius 2 is 1.78 bits per heavy atom. The molecule has 0 aliphatic carbocycles. The molecule has 3 aromatic carbocycles. The first-order chi connectivity index (χ1) is 12.9. The maximum absolute atomic E-state index is 12.4. The Bertz CT molecular complexity index is 1090. The fourth-order valence-corrected chi connectivity index (χ4v) is 2.70. The van der Waals surface area contributed by atoms with Crippen LogP contribution in [0.25, 0.3) is 10.8 Å². The predicted molar refractivity (Wildman–Crippen MR) is 103 cm³/mol. The van der Waals surface area contributed by atoms with Gasteiger partial charge in [0.05, 0.1) is 16.2 Å². The lowest BCUT2D eigenvalue weighted by Gasteiger charge is -2.07. The van der Waals surface area contributed by atoms with Gasteiger partial charge in [0.2, 0.25) is 0 Å². The normalized spacial score (nSPS) is 11.4. The van der Waals surface area contributed by atoms with Gasteiger partial charge in [0.25, 0.3) is 11.6 Å². The highest BCUT2D eigenvalue weighted by molar-refractivity contribution is 6.03. The van der Waals surface area contributed by atoms with Gasteiger partial charge in [-0.1, -0.05) is 36.4 Å². The number of phenols is 1. The lowest BCUT2D eigenvalue weighted by molar-refractivity contribution is -0.385. The first kappa shape index (κ1) is 18.1. The number of aryl methyl sites for hydroxylation is 1. The number of carbonyl (C=O) groups is 1. The van der Waals surface area contributed by atoms with Crippen molar-refractivity contribution in [2.24, 2.45) is 5.10 Å². The number of nitrogens with one attached hydrogen (secondary N) is 1. The summed E-state index contributed by atoms with van der Waals surface area (Å²) in [6, 6.07) is 15.2. The number of hydrogen-bond donors (Lipinski definition) is 2. The Balaban J connectivity index is 1.85. The molecule has 0 heterocycles. The number of amides is 1. The molecule has 27 heavy (non-hydrogen) atoms. The SMILES string of the molecule is C/C(=N/NC(=O)c1cc2ccccc2cc1O)c1ccc(C)c([N+](=O)[O-])c1. The molecule has 0 bridgehead atoms. The van der Waals surface area contributed by atoms with Crippen LogP contribution in [0.4, 0.5) is 5.69 Å². The number of benzene rings is 3. The molecule has 0 aliphatic heterocycles. The molecule has 0 aromatic heterocycles. The van der Waals surface area contributed by atoms with Crippen molar-refractivity contribution in [2.45, 2.75) is 13.8 Å². The average Bonchev–Trinajstić information content (AvgIpc) is 2.65. The Kier molecular flexibility index (Phi) is 4.85. The number of fused-ring (bicyclic) bond motifs is 1. The molecule has 7 nitrogen and oxygen atoms in total. The number of phenolic OH excluding ortho intramolecular Hbond substituents is 1. The van der Waals surface area contributed by atoms with E-state index in [9.17, 15) is 20.0 Å². The van der Waals surface area contributed by atoms with E-state index in [0.29, 0.717) is 16.8 Å². The molecule has 7 heteroatoms. The van der Waals surface area contributed by atoms with Crippen LogP contribution in [0.15, 0.2) is 59.7 Å². The molecule has 0 unspecified atom stereocenters. The summed E-state index contributed by atoms with van der Waals surface area (Å²) in [6.07, 6.45) is 0. The number of nitro groups is 1. The molecule has 136 valence electrons. The van der Waals surface area contributed by atoms with Crippen LogP contribution in [0.3, 0.4) is 0 Å². The molecule has 0 fully saturated rings. The van der Waals surface area contributed by atoms with E-state index >= 15 is 0 Å². The van der Waals surface area contributed by atoms with E-state index in [1.54, 1.807) is 32.0 Å². The number of carbonyl (C=O) groups excluding carboxylic acids is 1. The summed E-state index contributed by atoms with van der Waals surface area (Å²) < 4.78 is 0. The summed E-state index contributed by atoms with van der Waals surface area (Å²) in [5.74, 6) is -0.718. The van der Waals surface area contributed by atoms with E-state index in [-0.39, 0.29) is 17.0 Å². The van der Waals surface area contributed by atoms with Crippen LogP contribution in [0, 0.1) is 17.0 Å². The van der Waals surface area contributed by atoms with Crippen molar-refractivity contribution in [1.82, 2.24) is 5.43 Å². The second-order valence-corrected chi connectivity index (χ2v) is 6.11. The van der Waals surface area contributed by atoms with Gasteiger partial charge in [-0.15, -0.1) is 0 Å². The Morgan fingerprint density at radius 1 is 1.11 bits per heavy atom. The molecule has 0 saturated heterocycles. The van der Waals surface area contributed by atoms with Crippen LogP contribution in [-0.2, 0) is 0 Å². The minimum absolute atomic E-state index is 0.0134. The van der Waals surface area contributed by atoms with E-state index in [0.717, 1.165) is 10.8 Å². The van der Waals surface area contributed by atoms with Crippen LogP contribution in [0.2, 0.25) is 0 Å². The van der Waals surface area contributed by atoms with Gasteiger partial charge < -0.3 is 5.11 Å². The Morgan fingerprint density at radius 3 is 2.44 bits per heavy atom. The number of hydrogen-bond acceptors (Lipinski definition) is 5. The van der Waals surface area contributed by atoms with Crippen molar-refractivity contribution >= 4 is 28.1 Å². The fraction of sp³-hybridized carbons (Fsp3) is 0.100. The van der Waals surface area contributed by atoms with E-state index in [2.05, 4.69) is 10.5 Å². The van der Waals surface area contributed by atoms with Crippen molar-refractivity contribution in [2.75, 3.05) is 0 Å². The van der Waals surface area contributed by atoms with Crippen LogP contribution < -0.4 is 5.43 Å². The topological polar surface area (TPSA) is 105 Å². The smallest absolute Gasteiger partial charge is 0.275 e. The third-order valence-electron chi connectivity index (χ3n) is 4.26. The first-order valence-corrected chi connectivity index (χ1v) is 8.18. The zero-order valence-electron chi connectivity index (χ0n) is 14.8. The number of nitro benzene ring substituents is 1. The summed E-state index contributed by atoms with van der Waals surface area (Å²) in [4.78, 5) is 23.0. The zero-order valence-corrected chi connectivity index (χ0v) is 14.8. The van der Waals surface area contributed by atoms with Crippen molar-refractivity contribution in [1.29, 1.82) is 0 Å². The average molecular weight is 363 g/mol. The lowest BCUT2D eigenvalue weighted by atomic mass is 10.1. The van der Waals surface area contributed by atoms with E-state index in [1.165, 1.54) is 12.1 Å². The van der Waals surface area contributed by atoms with Gasteiger partial charge in [-0.05, 0) is 36.8 Å². The highest BCUT2D eigenvalue weighted by atomic mass is 16.6. The Labute approximate surface area is 155 Å². The molecule has 3 rings (SSSR count). The predicted octanol–water partition coefficient (Wildman–Crippen LogP) is 3.92. The second-order valence-electron chi connectivity index (χ2n) is 6.11. The fourth-order valence-electron chi connectivity index (χ4n) is 2.70. The maximum atomic E-state index is 12.4. The molecular formula is C20H17N3O4. The van der Waals surface area contributed by atoms with Crippen LogP contribution in [-0.4, -0.2) is 21.6 Å². The number of nitrogens with zero attached hydrogens (tertiary/aromatic N) is 2. The van der Waals surface area contributed by atoms with E-state index in [1.807, 2.05) is 24.3 Å². The minimum atomic E-state index is -0.570. The third-order valence-corrected chi connectivity index (χ3v) is 4.26. The highest BCUT2D eigenvalue weighted by Gasteiger charge is 2.14. The van der Waals surface area contributed by atoms with Gasteiger partial charge in [0.15, 0.2) is 0 Å². The van der Waals surface area contributed by atoms with Gasteiger partial charge >= 0.3 is 0 Å². The Hall–Kier alpha value is -3.74. The minimum Gasteiger partial charge on any atom is -0.507 e.